The molecule has 1 aliphatic rings. The Morgan fingerprint density at radius 1 is 1.24 bits per heavy atom. The zero-order valence-corrected chi connectivity index (χ0v) is 12.2. The van der Waals surface area contributed by atoms with Crippen LogP contribution in [0.5, 0.6) is 5.75 Å². The van der Waals surface area contributed by atoms with Crippen LogP contribution < -0.4 is 10.1 Å². The summed E-state index contributed by atoms with van der Waals surface area (Å²) < 4.78 is 11.2. The molecule has 0 aliphatic heterocycles. The lowest BCUT2D eigenvalue weighted by Crippen LogP contribution is -2.02. The molecule has 1 heterocycles. The van der Waals surface area contributed by atoms with Crippen molar-refractivity contribution in [3.63, 3.8) is 0 Å². The van der Waals surface area contributed by atoms with Crippen molar-refractivity contribution in [3.05, 3.63) is 47.9 Å². The van der Waals surface area contributed by atoms with E-state index in [-0.39, 0.29) is 6.61 Å². The smallest absolute Gasteiger partial charge is 0.123 e. The third kappa shape index (κ3) is 3.58. The highest BCUT2D eigenvalue weighted by molar-refractivity contribution is 5.46. The molecule has 0 radical (unpaired) electrons. The molecule has 2 aromatic rings. The first kappa shape index (κ1) is 14.0. The van der Waals surface area contributed by atoms with Gasteiger partial charge in [-0.15, -0.1) is 0 Å². The first-order valence-corrected chi connectivity index (χ1v) is 7.42. The second-order valence-electron chi connectivity index (χ2n) is 5.57. The van der Waals surface area contributed by atoms with Gasteiger partial charge in [-0.25, -0.2) is 0 Å². The largest absolute Gasteiger partial charge is 0.491 e. The Balaban J connectivity index is 1.51. The van der Waals surface area contributed by atoms with Gasteiger partial charge in [-0.1, -0.05) is 6.92 Å². The summed E-state index contributed by atoms with van der Waals surface area (Å²) in [4.78, 5) is 0. The zero-order valence-electron chi connectivity index (χ0n) is 12.2. The number of furan rings is 1. The lowest BCUT2D eigenvalue weighted by atomic mass is 10.3. The number of benzene rings is 1. The number of hydrogen-bond acceptors (Lipinski definition) is 4. The quantitative estimate of drug-likeness (QED) is 0.819. The van der Waals surface area contributed by atoms with Gasteiger partial charge in [0.1, 0.15) is 23.9 Å². The van der Waals surface area contributed by atoms with Crippen LogP contribution in [0, 0.1) is 5.92 Å². The third-order valence-corrected chi connectivity index (χ3v) is 3.84. The number of ether oxygens (including phenoxy) is 1. The highest BCUT2D eigenvalue weighted by Crippen LogP contribution is 2.47. The van der Waals surface area contributed by atoms with Crippen LogP contribution in [0.15, 0.2) is 40.8 Å². The van der Waals surface area contributed by atoms with Crippen LogP contribution in [0.2, 0.25) is 0 Å². The molecule has 4 heteroatoms. The van der Waals surface area contributed by atoms with Crippen molar-refractivity contribution in [2.24, 2.45) is 5.92 Å². The molecule has 21 heavy (non-hydrogen) atoms. The highest BCUT2D eigenvalue weighted by atomic mass is 16.5. The van der Waals surface area contributed by atoms with Crippen molar-refractivity contribution in [1.29, 1.82) is 0 Å². The van der Waals surface area contributed by atoms with E-state index in [1.165, 1.54) is 6.42 Å². The molecule has 0 spiro atoms. The molecule has 4 nitrogen and oxygen atoms in total. The Morgan fingerprint density at radius 3 is 2.67 bits per heavy atom. The molecule has 1 aromatic heterocycles. The van der Waals surface area contributed by atoms with Gasteiger partial charge >= 0.3 is 0 Å². The molecule has 112 valence electrons. The Bertz CT molecular complexity index is 576. The molecular formula is C17H21NO3. The molecule has 1 fully saturated rings. The standard InChI is InChI=1S/C17H21NO3/c1-12-10-16(12)17-7-6-15(21-17)11-18-13-2-4-14(5-3-13)20-9-8-19/h2-7,12,16,18-19H,8-11H2,1H3. The van der Waals surface area contributed by atoms with Crippen molar-refractivity contribution >= 4 is 5.69 Å². The van der Waals surface area contributed by atoms with Crippen LogP contribution in [-0.2, 0) is 6.54 Å². The SMILES string of the molecule is CC1CC1c1ccc(CNc2ccc(OCCO)cc2)o1. The van der Waals surface area contributed by atoms with Crippen LogP contribution in [0.1, 0.15) is 30.8 Å². The lowest BCUT2D eigenvalue weighted by Gasteiger charge is -2.07. The second kappa shape index (κ2) is 6.22. The number of anilines is 1. The van der Waals surface area contributed by atoms with E-state index in [1.54, 1.807) is 0 Å². The van der Waals surface area contributed by atoms with Crippen molar-refractivity contribution in [1.82, 2.24) is 0 Å². The highest BCUT2D eigenvalue weighted by Gasteiger charge is 2.36. The van der Waals surface area contributed by atoms with E-state index in [1.807, 2.05) is 30.3 Å². The van der Waals surface area contributed by atoms with Crippen LogP contribution in [-0.4, -0.2) is 18.3 Å². The van der Waals surface area contributed by atoms with Crippen LogP contribution in [0.25, 0.3) is 0 Å². The van der Waals surface area contributed by atoms with Gasteiger partial charge in [0, 0.05) is 11.6 Å². The summed E-state index contributed by atoms with van der Waals surface area (Å²) in [7, 11) is 0. The predicted octanol–water partition coefficient (Wildman–Crippen LogP) is 3.39. The van der Waals surface area contributed by atoms with E-state index in [4.69, 9.17) is 14.3 Å². The van der Waals surface area contributed by atoms with Crippen molar-refractivity contribution in [2.45, 2.75) is 25.8 Å². The lowest BCUT2D eigenvalue weighted by molar-refractivity contribution is 0.201. The topological polar surface area (TPSA) is 54.6 Å². The van der Waals surface area contributed by atoms with Gasteiger partial charge < -0.3 is 19.6 Å². The van der Waals surface area contributed by atoms with Gasteiger partial charge in [0.05, 0.1) is 13.2 Å². The molecule has 2 unspecified atom stereocenters. The van der Waals surface area contributed by atoms with Crippen LogP contribution in [0.3, 0.4) is 0 Å². The number of aliphatic hydroxyl groups is 1. The molecule has 2 atom stereocenters. The van der Waals surface area contributed by atoms with Crippen molar-refractivity contribution in [2.75, 3.05) is 18.5 Å². The van der Waals surface area contributed by atoms with E-state index in [0.717, 1.165) is 28.9 Å². The maximum absolute atomic E-state index is 8.71. The number of rotatable bonds is 7. The monoisotopic (exact) mass is 287 g/mol. The second-order valence-corrected chi connectivity index (χ2v) is 5.57. The summed E-state index contributed by atoms with van der Waals surface area (Å²) in [6, 6.07) is 11.8. The summed E-state index contributed by atoms with van der Waals surface area (Å²) in [5.41, 5.74) is 1.02. The average molecular weight is 287 g/mol. The molecular weight excluding hydrogens is 266 g/mol. The number of aliphatic hydroxyl groups excluding tert-OH is 1. The Kier molecular flexibility index (Phi) is 4.15. The maximum atomic E-state index is 8.71. The van der Waals surface area contributed by atoms with Crippen molar-refractivity contribution < 1.29 is 14.3 Å². The molecule has 0 bridgehead atoms. The molecule has 0 saturated heterocycles. The minimum absolute atomic E-state index is 0.0282. The average Bonchev–Trinajstić information content (AvgIpc) is 3.05. The van der Waals surface area contributed by atoms with Gasteiger partial charge in [0.25, 0.3) is 0 Å². The van der Waals surface area contributed by atoms with Gasteiger partial charge in [-0.3, -0.25) is 0 Å². The van der Waals surface area contributed by atoms with E-state index in [2.05, 4.69) is 18.3 Å². The minimum Gasteiger partial charge on any atom is -0.491 e. The Morgan fingerprint density at radius 2 is 2.00 bits per heavy atom. The van der Waals surface area contributed by atoms with E-state index >= 15 is 0 Å². The first-order chi connectivity index (χ1) is 10.3. The first-order valence-electron chi connectivity index (χ1n) is 7.42. The molecule has 1 aromatic carbocycles. The minimum atomic E-state index is 0.0282. The third-order valence-electron chi connectivity index (χ3n) is 3.84. The maximum Gasteiger partial charge on any atom is 0.123 e. The van der Waals surface area contributed by atoms with Crippen LogP contribution >= 0.6 is 0 Å². The summed E-state index contributed by atoms with van der Waals surface area (Å²) in [6.07, 6.45) is 1.25. The molecule has 2 N–H and O–H groups in total. The zero-order chi connectivity index (χ0) is 14.7. The summed E-state index contributed by atoms with van der Waals surface area (Å²) >= 11 is 0. The molecule has 3 rings (SSSR count). The Hall–Kier alpha value is -1.94. The summed E-state index contributed by atoms with van der Waals surface area (Å²) in [6.45, 7) is 3.28. The normalized spacial score (nSPS) is 20.3. The van der Waals surface area contributed by atoms with Gasteiger partial charge in [-0.2, -0.15) is 0 Å². The fourth-order valence-corrected chi connectivity index (χ4v) is 2.43. The van der Waals surface area contributed by atoms with E-state index in [9.17, 15) is 0 Å². The van der Waals surface area contributed by atoms with Gasteiger partial charge in [-0.05, 0) is 48.7 Å². The van der Waals surface area contributed by atoms with Crippen LogP contribution in [0.4, 0.5) is 5.69 Å². The molecule has 0 amide bonds. The fraction of sp³-hybridized carbons (Fsp3) is 0.412. The van der Waals surface area contributed by atoms with Crippen molar-refractivity contribution in [3.8, 4) is 5.75 Å². The molecule has 1 saturated carbocycles. The summed E-state index contributed by atoms with van der Waals surface area (Å²) in [5.74, 6) is 4.24. The fourth-order valence-electron chi connectivity index (χ4n) is 2.43. The Labute approximate surface area is 124 Å². The summed E-state index contributed by atoms with van der Waals surface area (Å²) in [5, 5.41) is 12.0. The van der Waals surface area contributed by atoms with E-state index in [0.29, 0.717) is 19.1 Å². The molecule has 1 aliphatic carbocycles. The predicted molar refractivity (Wildman–Crippen MR) is 81.6 cm³/mol. The van der Waals surface area contributed by atoms with Gasteiger partial charge in [0.15, 0.2) is 0 Å². The number of hydrogen-bond donors (Lipinski definition) is 2. The van der Waals surface area contributed by atoms with Gasteiger partial charge in [0.2, 0.25) is 0 Å². The number of nitrogens with one attached hydrogen (secondary N) is 1. The van der Waals surface area contributed by atoms with E-state index < -0.39 is 0 Å².